The summed E-state index contributed by atoms with van der Waals surface area (Å²) in [5, 5.41) is 3.47. The van der Waals surface area contributed by atoms with Gasteiger partial charge in [-0.1, -0.05) is 19.1 Å². The fraction of sp³-hybridized carbons (Fsp3) is 0.250. The van der Waals surface area contributed by atoms with E-state index >= 15 is 0 Å². The fourth-order valence-corrected chi connectivity index (χ4v) is 2.38. The summed E-state index contributed by atoms with van der Waals surface area (Å²) in [5.74, 6) is 1.05. The molecule has 0 bridgehead atoms. The van der Waals surface area contributed by atoms with Gasteiger partial charge in [0.15, 0.2) is 0 Å². The Balaban J connectivity index is 1.78. The number of aryl methyl sites for hydroxylation is 1. The van der Waals surface area contributed by atoms with E-state index in [1.165, 1.54) is 0 Å². The largest absolute Gasteiger partial charge is 0.376 e. The van der Waals surface area contributed by atoms with E-state index in [1.54, 1.807) is 12.5 Å². The van der Waals surface area contributed by atoms with Crippen molar-refractivity contribution in [3.63, 3.8) is 0 Å². The molecule has 0 atom stereocenters. The third kappa shape index (κ3) is 2.97. The zero-order valence-electron chi connectivity index (χ0n) is 12.1. The average molecular weight is 281 g/mol. The molecule has 108 valence electrons. The Morgan fingerprint density at radius 3 is 2.86 bits per heavy atom. The molecule has 0 spiro atoms. The summed E-state index contributed by atoms with van der Waals surface area (Å²) >= 11 is 0. The molecule has 0 amide bonds. The van der Waals surface area contributed by atoms with E-state index in [4.69, 9.17) is 0 Å². The van der Waals surface area contributed by atoms with Gasteiger partial charge < -0.3 is 14.5 Å². The maximum atomic E-state index is 4.42. The maximum Gasteiger partial charge on any atom is 0.128 e. The van der Waals surface area contributed by atoms with E-state index in [9.17, 15) is 0 Å². The zero-order valence-corrected chi connectivity index (χ0v) is 12.1. The van der Waals surface area contributed by atoms with Crippen LogP contribution in [0.15, 0.2) is 55.4 Å². The van der Waals surface area contributed by atoms with Crippen molar-refractivity contribution in [2.75, 3.05) is 5.32 Å². The van der Waals surface area contributed by atoms with E-state index in [-0.39, 0.29) is 0 Å². The third-order valence-corrected chi connectivity index (χ3v) is 3.39. The third-order valence-electron chi connectivity index (χ3n) is 3.39. The highest BCUT2D eigenvalue weighted by atomic mass is 15.1. The highest BCUT2D eigenvalue weighted by molar-refractivity contribution is 5.60. The molecule has 0 aliphatic heterocycles. The summed E-state index contributed by atoms with van der Waals surface area (Å²) in [6.45, 7) is 3.88. The molecule has 0 unspecified atom stereocenters. The Morgan fingerprint density at radius 2 is 2.05 bits per heavy atom. The lowest BCUT2D eigenvalue weighted by atomic mass is 10.2. The first-order valence-electron chi connectivity index (χ1n) is 7.19. The quantitative estimate of drug-likeness (QED) is 0.755. The van der Waals surface area contributed by atoms with Gasteiger partial charge in [-0.2, -0.15) is 0 Å². The molecule has 3 aromatic rings. The van der Waals surface area contributed by atoms with Crippen LogP contribution in [0.5, 0.6) is 0 Å². The number of para-hydroxylation sites is 2. The van der Waals surface area contributed by atoms with Gasteiger partial charge >= 0.3 is 0 Å². The van der Waals surface area contributed by atoms with E-state index in [1.807, 2.05) is 35.3 Å². The Kier molecular flexibility index (Phi) is 4.00. The zero-order chi connectivity index (χ0) is 14.5. The highest BCUT2D eigenvalue weighted by Gasteiger charge is 2.06. The van der Waals surface area contributed by atoms with Gasteiger partial charge in [0.2, 0.25) is 0 Å². The number of aromatic nitrogens is 4. The van der Waals surface area contributed by atoms with Crippen molar-refractivity contribution in [2.45, 2.75) is 26.4 Å². The van der Waals surface area contributed by atoms with Crippen LogP contribution in [0, 0.1) is 0 Å². The van der Waals surface area contributed by atoms with Crippen molar-refractivity contribution >= 4 is 5.69 Å². The van der Waals surface area contributed by atoms with Crippen LogP contribution in [-0.4, -0.2) is 19.1 Å². The van der Waals surface area contributed by atoms with Gasteiger partial charge in [0.05, 0.1) is 24.2 Å². The predicted octanol–water partition coefficient (Wildman–Crippen LogP) is 3.09. The first kappa shape index (κ1) is 13.4. The summed E-state index contributed by atoms with van der Waals surface area (Å²) < 4.78 is 4.19. The number of hydrogen-bond donors (Lipinski definition) is 1. The number of rotatable bonds is 6. The van der Waals surface area contributed by atoms with Crippen molar-refractivity contribution in [3.05, 3.63) is 61.2 Å². The molecule has 21 heavy (non-hydrogen) atoms. The number of nitrogens with zero attached hydrogens (tertiary/aromatic N) is 4. The topological polar surface area (TPSA) is 47.7 Å². The van der Waals surface area contributed by atoms with Gasteiger partial charge in [0.1, 0.15) is 5.82 Å². The number of anilines is 1. The van der Waals surface area contributed by atoms with E-state index in [2.05, 4.69) is 38.9 Å². The van der Waals surface area contributed by atoms with Crippen LogP contribution in [0.3, 0.4) is 0 Å². The lowest BCUT2D eigenvalue weighted by Crippen LogP contribution is -2.09. The van der Waals surface area contributed by atoms with Crippen molar-refractivity contribution in [1.29, 1.82) is 0 Å². The first-order chi connectivity index (χ1) is 10.4. The minimum absolute atomic E-state index is 0.707. The Hall–Kier alpha value is -2.56. The average Bonchev–Trinajstić information content (AvgIpc) is 3.17. The summed E-state index contributed by atoms with van der Waals surface area (Å²) in [6, 6.07) is 8.20. The van der Waals surface area contributed by atoms with Gasteiger partial charge in [-0.25, -0.2) is 9.97 Å². The van der Waals surface area contributed by atoms with Crippen LogP contribution in [0.4, 0.5) is 5.69 Å². The van der Waals surface area contributed by atoms with Crippen molar-refractivity contribution in [3.8, 4) is 5.69 Å². The van der Waals surface area contributed by atoms with Gasteiger partial charge in [-0.05, 0) is 18.6 Å². The molecular formula is C16H19N5. The van der Waals surface area contributed by atoms with Crippen LogP contribution < -0.4 is 5.32 Å². The second kappa shape index (κ2) is 6.26. The summed E-state index contributed by atoms with van der Waals surface area (Å²) in [6.07, 6.45) is 10.5. The lowest BCUT2D eigenvalue weighted by molar-refractivity contribution is 0.644. The monoisotopic (exact) mass is 281 g/mol. The molecule has 5 heteroatoms. The van der Waals surface area contributed by atoms with Crippen LogP contribution in [0.25, 0.3) is 5.69 Å². The minimum Gasteiger partial charge on any atom is -0.376 e. The fourth-order valence-electron chi connectivity index (χ4n) is 2.38. The molecule has 0 aliphatic rings. The van der Waals surface area contributed by atoms with Crippen molar-refractivity contribution in [1.82, 2.24) is 19.1 Å². The van der Waals surface area contributed by atoms with Gasteiger partial charge in [0.25, 0.3) is 0 Å². The molecule has 3 rings (SSSR count). The standard InChI is InChI=1S/C16H19N5/c1-2-9-20-11-8-18-16(20)12-19-14-5-3-4-6-15(14)21-10-7-17-13-21/h3-8,10-11,13,19H,2,9,12H2,1H3. The normalized spacial score (nSPS) is 10.7. The molecule has 0 saturated heterocycles. The van der Waals surface area contributed by atoms with Crippen LogP contribution in [0.2, 0.25) is 0 Å². The van der Waals surface area contributed by atoms with Crippen molar-refractivity contribution < 1.29 is 0 Å². The molecule has 0 saturated carbocycles. The Bertz CT molecular complexity index is 684. The van der Waals surface area contributed by atoms with Gasteiger partial charge in [-0.15, -0.1) is 0 Å². The SMILES string of the molecule is CCCn1ccnc1CNc1ccccc1-n1ccnc1. The molecule has 1 aromatic carbocycles. The second-order valence-electron chi connectivity index (χ2n) is 4.88. The molecular weight excluding hydrogens is 262 g/mol. The van der Waals surface area contributed by atoms with E-state index < -0.39 is 0 Å². The van der Waals surface area contributed by atoms with E-state index in [0.29, 0.717) is 6.54 Å². The Labute approximate surface area is 124 Å². The number of hydrogen-bond acceptors (Lipinski definition) is 3. The van der Waals surface area contributed by atoms with Crippen LogP contribution >= 0.6 is 0 Å². The van der Waals surface area contributed by atoms with Crippen LogP contribution in [-0.2, 0) is 13.1 Å². The molecule has 1 N–H and O–H groups in total. The summed E-state index contributed by atoms with van der Waals surface area (Å²) in [7, 11) is 0. The molecule has 0 aliphatic carbocycles. The summed E-state index contributed by atoms with van der Waals surface area (Å²) in [4.78, 5) is 8.53. The smallest absolute Gasteiger partial charge is 0.128 e. The Morgan fingerprint density at radius 1 is 1.14 bits per heavy atom. The maximum absolute atomic E-state index is 4.42. The molecule has 0 fully saturated rings. The minimum atomic E-state index is 0.707. The molecule has 2 heterocycles. The second-order valence-corrected chi connectivity index (χ2v) is 4.88. The van der Waals surface area contributed by atoms with E-state index in [0.717, 1.165) is 30.2 Å². The molecule has 5 nitrogen and oxygen atoms in total. The highest BCUT2D eigenvalue weighted by Crippen LogP contribution is 2.20. The van der Waals surface area contributed by atoms with Gasteiger partial charge in [-0.3, -0.25) is 0 Å². The number of imidazole rings is 2. The van der Waals surface area contributed by atoms with Crippen LogP contribution in [0.1, 0.15) is 19.2 Å². The lowest BCUT2D eigenvalue weighted by Gasteiger charge is -2.13. The molecule has 0 radical (unpaired) electrons. The molecule has 2 aromatic heterocycles. The summed E-state index contributed by atoms with van der Waals surface area (Å²) in [5.41, 5.74) is 2.16. The van der Waals surface area contributed by atoms with Crippen molar-refractivity contribution in [2.24, 2.45) is 0 Å². The first-order valence-corrected chi connectivity index (χ1v) is 7.19. The number of benzene rings is 1. The van der Waals surface area contributed by atoms with Gasteiger partial charge in [0, 0.05) is 31.3 Å². The predicted molar refractivity (Wildman–Crippen MR) is 83.4 cm³/mol. The number of nitrogens with one attached hydrogen (secondary N) is 1.